The third-order valence-electron chi connectivity index (χ3n) is 3.45. The lowest BCUT2D eigenvalue weighted by Gasteiger charge is -2.16. The SMILES string of the molecule is CC(C)c1nn(C)cc1CN[C@H](C)c1ccccc1Br. The molecule has 0 saturated carbocycles. The molecule has 0 radical (unpaired) electrons. The number of hydrogen-bond donors (Lipinski definition) is 1. The molecule has 0 amide bonds. The van der Waals surface area contributed by atoms with Gasteiger partial charge in [-0.2, -0.15) is 5.10 Å². The van der Waals surface area contributed by atoms with Gasteiger partial charge in [0, 0.05) is 35.9 Å². The number of rotatable bonds is 5. The molecule has 4 heteroatoms. The largest absolute Gasteiger partial charge is 0.306 e. The molecule has 0 aliphatic carbocycles. The lowest BCUT2D eigenvalue weighted by Crippen LogP contribution is -2.19. The van der Waals surface area contributed by atoms with Crippen LogP contribution in [-0.4, -0.2) is 9.78 Å². The van der Waals surface area contributed by atoms with Crippen LogP contribution in [0.25, 0.3) is 0 Å². The van der Waals surface area contributed by atoms with Crippen LogP contribution < -0.4 is 5.32 Å². The Balaban J connectivity index is 2.07. The highest BCUT2D eigenvalue weighted by Gasteiger charge is 2.13. The molecular weight excluding hydrogens is 314 g/mol. The first kappa shape index (κ1) is 15.3. The van der Waals surface area contributed by atoms with Gasteiger partial charge in [0.2, 0.25) is 0 Å². The predicted molar refractivity (Wildman–Crippen MR) is 86.7 cm³/mol. The molecule has 1 atom stereocenters. The molecule has 0 bridgehead atoms. The molecule has 108 valence electrons. The summed E-state index contributed by atoms with van der Waals surface area (Å²) in [6, 6.07) is 8.64. The number of benzene rings is 1. The van der Waals surface area contributed by atoms with Crippen molar-refractivity contribution in [2.75, 3.05) is 0 Å². The third kappa shape index (κ3) is 3.49. The monoisotopic (exact) mass is 335 g/mol. The molecule has 0 saturated heterocycles. The molecule has 0 aliphatic rings. The Hall–Kier alpha value is -1.13. The van der Waals surface area contributed by atoms with Crippen molar-refractivity contribution < 1.29 is 0 Å². The molecule has 3 nitrogen and oxygen atoms in total. The van der Waals surface area contributed by atoms with Crippen molar-refractivity contribution in [1.29, 1.82) is 0 Å². The van der Waals surface area contributed by atoms with Gasteiger partial charge >= 0.3 is 0 Å². The predicted octanol–water partition coefficient (Wildman–Crippen LogP) is 4.16. The van der Waals surface area contributed by atoms with Crippen LogP contribution in [0.4, 0.5) is 0 Å². The van der Waals surface area contributed by atoms with Gasteiger partial charge in [-0.25, -0.2) is 0 Å². The van der Waals surface area contributed by atoms with Crippen molar-refractivity contribution >= 4 is 15.9 Å². The molecule has 0 fully saturated rings. The van der Waals surface area contributed by atoms with E-state index in [0.717, 1.165) is 11.0 Å². The Labute approximate surface area is 129 Å². The molecule has 1 N–H and O–H groups in total. The van der Waals surface area contributed by atoms with Crippen LogP contribution in [0.2, 0.25) is 0 Å². The molecule has 0 unspecified atom stereocenters. The van der Waals surface area contributed by atoms with Crippen LogP contribution in [0.1, 0.15) is 49.6 Å². The third-order valence-corrected chi connectivity index (χ3v) is 4.18. The summed E-state index contributed by atoms with van der Waals surface area (Å²) >= 11 is 3.61. The molecule has 1 aromatic heterocycles. The van der Waals surface area contributed by atoms with E-state index in [9.17, 15) is 0 Å². The second-order valence-electron chi connectivity index (χ2n) is 5.49. The van der Waals surface area contributed by atoms with E-state index < -0.39 is 0 Å². The second-order valence-corrected chi connectivity index (χ2v) is 6.35. The molecule has 0 aliphatic heterocycles. The summed E-state index contributed by atoms with van der Waals surface area (Å²) in [5, 5.41) is 8.13. The Bertz CT molecular complexity index is 575. The van der Waals surface area contributed by atoms with Crippen molar-refractivity contribution in [3.8, 4) is 0 Å². The van der Waals surface area contributed by atoms with E-state index in [1.165, 1.54) is 16.8 Å². The number of nitrogens with one attached hydrogen (secondary N) is 1. The highest BCUT2D eigenvalue weighted by Crippen LogP contribution is 2.24. The average Bonchev–Trinajstić information content (AvgIpc) is 2.78. The maximum Gasteiger partial charge on any atom is 0.0694 e. The normalized spacial score (nSPS) is 12.9. The number of aryl methyl sites for hydroxylation is 1. The van der Waals surface area contributed by atoms with Crippen LogP contribution in [0.5, 0.6) is 0 Å². The summed E-state index contributed by atoms with van der Waals surface area (Å²) < 4.78 is 3.05. The van der Waals surface area contributed by atoms with Gasteiger partial charge in [0.15, 0.2) is 0 Å². The fourth-order valence-corrected chi connectivity index (χ4v) is 3.00. The number of hydrogen-bond acceptors (Lipinski definition) is 2. The lowest BCUT2D eigenvalue weighted by molar-refractivity contribution is 0.568. The molecule has 0 spiro atoms. The molecule has 2 aromatic rings. The van der Waals surface area contributed by atoms with E-state index in [4.69, 9.17) is 0 Å². The Kier molecular flexibility index (Phi) is 5.00. The number of aromatic nitrogens is 2. The first-order chi connectivity index (χ1) is 9.49. The highest BCUT2D eigenvalue weighted by atomic mass is 79.9. The summed E-state index contributed by atoms with van der Waals surface area (Å²) in [6.45, 7) is 7.39. The zero-order valence-corrected chi connectivity index (χ0v) is 14.1. The molecule has 20 heavy (non-hydrogen) atoms. The summed E-state index contributed by atoms with van der Waals surface area (Å²) in [4.78, 5) is 0. The number of nitrogens with zero attached hydrogens (tertiary/aromatic N) is 2. The van der Waals surface area contributed by atoms with Gasteiger partial charge in [0.05, 0.1) is 5.69 Å². The molecule has 2 rings (SSSR count). The standard InChI is InChI=1S/C16H22BrN3/c1-11(2)16-13(10-20(4)19-16)9-18-12(3)14-7-5-6-8-15(14)17/h5-8,10-12,18H,9H2,1-4H3/t12-/m1/s1. The Morgan fingerprint density at radius 1 is 1.25 bits per heavy atom. The van der Waals surface area contributed by atoms with Crippen molar-refractivity contribution in [3.05, 3.63) is 51.8 Å². The van der Waals surface area contributed by atoms with E-state index in [0.29, 0.717) is 12.0 Å². The summed E-state index contributed by atoms with van der Waals surface area (Å²) in [7, 11) is 1.98. The zero-order valence-electron chi connectivity index (χ0n) is 12.5. The highest BCUT2D eigenvalue weighted by molar-refractivity contribution is 9.10. The van der Waals surface area contributed by atoms with E-state index in [1.807, 2.05) is 17.8 Å². The molecule has 1 aromatic carbocycles. The van der Waals surface area contributed by atoms with E-state index in [-0.39, 0.29) is 0 Å². The van der Waals surface area contributed by atoms with Gasteiger partial charge in [0.1, 0.15) is 0 Å². The Morgan fingerprint density at radius 3 is 2.60 bits per heavy atom. The van der Waals surface area contributed by atoms with Crippen molar-refractivity contribution in [2.45, 2.75) is 39.3 Å². The zero-order chi connectivity index (χ0) is 14.7. The first-order valence-corrected chi connectivity index (χ1v) is 7.78. The van der Waals surface area contributed by atoms with E-state index >= 15 is 0 Å². The minimum atomic E-state index is 0.297. The van der Waals surface area contributed by atoms with E-state index in [1.54, 1.807) is 0 Å². The van der Waals surface area contributed by atoms with Crippen molar-refractivity contribution in [3.63, 3.8) is 0 Å². The maximum atomic E-state index is 4.55. The average molecular weight is 336 g/mol. The minimum Gasteiger partial charge on any atom is -0.306 e. The van der Waals surface area contributed by atoms with Crippen LogP contribution >= 0.6 is 15.9 Å². The van der Waals surface area contributed by atoms with Gasteiger partial charge in [0.25, 0.3) is 0 Å². The van der Waals surface area contributed by atoms with Gasteiger partial charge in [-0.15, -0.1) is 0 Å². The summed E-state index contributed by atoms with van der Waals surface area (Å²) in [5.74, 6) is 0.451. The smallest absolute Gasteiger partial charge is 0.0694 e. The van der Waals surface area contributed by atoms with Crippen LogP contribution in [-0.2, 0) is 13.6 Å². The lowest BCUT2D eigenvalue weighted by atomic mass is 10.1. The fraction of sp³-hybridized carbons (Fsp3) is 0.438. The molecule has 1 heterocycles. The summed E-state index contributed by atoms with van der Waals surface area (Å²) in [5.41, 5.74) is 3.74. The first-order valence-electron chi connectivity index (χ1n) is 6.99. The quantitative estimate of drug-likeness (QED) is 0.889. The maximum absolute atomic E-state index is 4.55. The van der Waals surface area contributed by atoms with Gasteiger partial charge < -0.3 is 5.32 Å². The Morgan fingerprint density at radius 2 is 1.95 bits per heavy atom. The van der Waals surface area contributed by atoms with Crippen molar-refractivity contribution in [2.24, 2.45) is 7.05 Å². The number of halogens is 1. The second kappa shape index (κ2) is 6.55. The van der Waals surface area contributed by atoms with Gasteiger partial charge in [-0.3, -0.25) is 4.68 Å². The van der Waals surface area contributed by atoms with Crippen molar-refractivity contribution in [1.82, 2.24) is 15.1 Å². The molecular formula is C16H22BrN3. The van der Waals surface area contributed by atoms with Crippen LogP contribution in [0.3, 0.4) is 0 Å². The topological polar surface area (TPSA) is 29.9 Å². The van der Waals surface area contributed by atoms with Gasteiger partial charge in [-0.05, 0) is 24.5 Å². The van der Waals surface area contributed by atoms with Crippen LogP contribution in [0.15, 0.2) is 34.9 Å². The minimum absolute atomic E-state index is 0.297. The van der Waals surface area contributed by atoms with Gasteiger partial charge in [-0.1, -0.05) is 48.0 Å². The van der Waals surface area contributed by atoms with Crippen LogP contribution in [0, 0.1) is 0 Å². The van der Waals surface area contributed by atoms with E-state index in [2.05, 4.69) is 71.5 Å². The fourth-order valence-electron chi connectivity index (χ4n) is 2.38. The summed E-state index contributed by atoms with van der Waals surface area (Å²) in [6.07, 6.45) is 2.11.